The van der Waals surface area contributed by atoms with Crippen molar-refractivity contribution in [3.63, 3.8) is 0 Å². The van der Waals surface area contributed by atoms with Gasteiger partial charge in [-0.2, -0.15) is 4.98 Å². The Morgan fingerprint density at radius 2 is 1.80 bits per heavy atom. The zero-order valence-corrected chi connectivity index (χ0v) is 24.4. The fraction of sp³-hybridized carbons (Fsp3) is 0.562. The van der Waals surface area contributed by atoms with Crippen LogP contribution in [0.3, 0.4) is 0 Å². The fourth-order valence-corrected chi connectivity index (χ4v) is 7.98. The van der Waals surface area contributed by atoms with Crippen LogP contribution >= 0.6 is 0 Å². The van der Waals surface area contributed by atoms with Crippen LogP contribution in [-0.4, -0.2) is 63.9 Å². The second-order valence-electron chi connectivity index (χ2n) is 13.7. The summed E-state index contributed by atoms with van der Waals surface area (Å²) in [5.74, 6) is 2.24. The number of likely N-dealkylation sites (tertiary alicyclic amines) is 2. The lowest BCUT2D eigenvalue weighted by Crippen LogP contribution is -2.73. The SMILES string of the molecule is C=CC(=O)N1CC2(C1)CN(C(CC13CC(C1)C3)c1ccc([C@H](C)Nc3ncc4c(n3)N(C(C)C)C(=O)NC4)cc1)C2. The summed E-state index contributed by atoms with van der Waals surface area (Å²) in [6.45, 7) is 14.0. The summed E-state index contributed by atoms with van der Waals surface area (Å²) in [7, 11) is 0. The number of fused-ring (bicyclic) bond motifs is 1. The van der Waals surface area contributed by atoms with Gasteiger partial charge in [-0.3, -0.25) is 14.6 Å². The summed E-state index contributed by atoms with van der Waals surface area (Å²) >= 11 is 0. The van der Waals surface area contributed by atoms with Gasteiger partial charge in [-0.25, -0.2) is 9.78 Å². The summed E-state index contributed by atoms with van der Waals surface area (Å²) in [6, 6.07) is 9.40. The van der Waals surface area contributed by atoms with Crippen LogP contribution in [0.1, 0.15) is 75.2 Å². The van der Waals surface area contributed by atoms with Crippen LogP contribution in [0.15, 0.2) is 43.1 Å². The fourth-order valence-electron chi connectivity index (χ4n) is 7.98. The highest BCUT2D eigenvalue weighted by Gasteiger charge is 2.59. The summed E-state index contributed by atoms with van der Waals surface area (Å²) in [5, 5.41) is 6.35. The number of aromatic nitrogens is 2. The Balaban J connectivity index is 1.04. The van der Waals surface area contributed by atoms with Crippen molar-refractivity contribution in [3.05, 3.63) is 59.8 Å². The molecule has 8 rings (SSSR count). The zero-order chi connectivity index (χ0) is 28.5. The summed E-state index contributed by atoms with van der Waals surface area (Å²) in [5.41, 5.74) is 4.32. The molecule has 3 saturated carbocycles. The Labute approximate surface area is 242 Å². The average molecular weight is 556 g/mol. The molecule has 216 valence electrons. The minimum Gasteiger partial charge on any atom is -0.348 e. The van der Waals surface area contributed by atoms with Crippen LogP contribution in [0.5, 0.6) is 0 Å². The maximum atomic E-state index is 12.4. The maximum Gasteiger partial charge on any atom is 0.323 e. The second kappa shape index (κ2) is 9.54. The molecule has 2 N–H and O–H groups in total. The van der Waals surface area contributed by atoms with Gasteiger partial charge in [-0.05, 0) is 75.0 Å². The number of rotatable bonds is 9. The van der Waals surface area contributed by atoms with Crippen LogP contribution in [0.4, 0.5) is 16.6 Å². The first-order valence-electron chi connectivity index (χ1n) is 15.1. The summed E-state index contributed by atoms with van der Waals surface area (Å²) in [6.07, 6.45) is 8.69. The van der Waals surface area contributed by atoms with E-state index in [9.17, 15) is 9.59 Å². The molecule has 41 heavy (non-hydrogen) atoms. The Hall–Kier alpha value is -3.46. The molecule has 1 aromatic heterocycles. The van der Waals surface area contributed by atoms with Gasteiger partial charge >= 0.3 is 6.03 Å². The minimum absolute atomic E-state index is 0.000775. The molecule has 5 fully saturated rings. The number of hydrogen-bond donors (Lipinski definition) is 2. The van der Waals surface area contributed by atoms with E-state index in [2.05, 4.69) is 58.3 Å². The van der Waals surface area contributed by atoms with Crippen molar-refractivity contribution in [1.82, 2.24) is 25.1 Å². The molecule has 2 bridgehead atoms. The van der Waals surface area contributed by atoms with E-state index in [1.807, 2.05) is 18.7 Å². The highest BCUT2D eigenvalue weighted by Crippen LogP contribution is 2.68. The first-order valence-corrected chi connectivity index (χ1v) is 15.1. The predicted octanol–water partition coefficient (Wildman–Crippen LogP) is 4.65. The summed E-state index contributed by atoms with van der Waals surface area (Å²) < 4.78 is 0. The van der Waals surface area contributed by atoms with Crippen molar-refractivity contribution in [1.29, 1.82) is 0 Å². The number of carbonyl (C=O) groups is 2. The van der Waals surface area contributed by atoms with E-state index in [0.29, 0.717) is 29.8 Å². The number of nitrogens with zero attached hydrogens (tertiary/aromatic N) is 5. The molecular weight excluding hydrogens is 514 g/mol. The van der Waals surface area contributed by atoms with E-state index in [4.69, 9.17) is 4.98 Å². The van der Waals surface area contributed by atoms with E-state index < -0.39 is 0 Å². The van der Waals surface area contributed by atoms with Crippen LogP contribution < -0.4 is 15.5 Å². The quantitative estimate of drug-likeness (QED) is 0.438. The monoisotopic (exact) mass is 555 g/mol. The molecule has 9 heteroatoms. The lowest BCUT2D eigenvalue weighted by Gasteiger charge is -2.66. The molecule has 3 amide bonds. The topological polar surface area (TPSA) is 93.7 Å². The van der Waals surface area contributed by atoms with Crippen molar-refractivity contribution in [2.24, 2.45) is 16.7 Å². The molecule has 9 nitrogen and oxygen atoms in total. The number of benzene rings is 1. The van der Waals surface area contributed by atoms with Gasteiger partial charge in [-0.1, -0.05) is 30.8 Å². The number of hydrogen-bond acceptors (Lipinski definition) is 6. The van der Waals surface area contributed by atoms with Gasteiger partial charge in [0, 0.05) is 62.0 Å². The first-order chi connectivity index (χ1) is 19.7. The number of carbonyl (C=O) groups excluding carboxylic acids is 2. The molecular formula is C32H41N7O2. The number of amides is 3. The van der Waals surface area contributed by atoms with Gasteiger partial charge in [0.2, 0.25) is 11.9 Å². The highest BCUT2D eigenvalue weighted by atomic mass is 16.2. The largest absolute Gasteiger partial charge is 0.348 e. The lowest BCUT2D eigenvalue weighted by atomic mass is 9.42. The molecule has 6 aliphatic rings. The van der Waals surface area contributed by atoms with Crippen molar-refractivity contribution in [3.8, 4) is 0 Å². The average Bonchev–Trinajstić information content (AvgIpc) is 2.86. The normalized spacial score (nSPS) is 27.0. The Morgan fingerprint density at radius 1 is 1.12 bits per heavy atom. The van der Waals surface area contributed by atoms with Gasteiger partial charge in [0.1, 0.15) is 5.82 Å². The third-order valence-corrected chi connectivity index (χ3v) is 10.3. The Kier molecular flexibility index (Phi) is 6.15. The molecule has 2 aromatic rings. The van der Waals surface area contributed by atoms with E-state index >= 15 is 0 Å². The first kappa shape index (κ1) is 26.4. The molecule has 2 atom stereocenters. The molecule has 1 unspecified atom stereocenters. The second-order valence-corrected chi connectivity index (χ2v) is 13.7. The van der Waals surface area contributed by atoms with Gasteiger partial charge in [0.05, 0.1) is 6.04 Å². The van der Waals surface area contributed by atoms with Crippen LogP contribution in [0.2, 0.25) is 0 Å². The molecule has 0 radical (unpaired) electrons. The van der Waals surface area contributed by atoms with Crippen molar-refractivity contribution in [2.75, 3.05) is 36.4 Å². The predicted molar refractivity (Wildman–Crippen MR) is 158 cm³/mol. The minimum atomic E-state index is -0.123. The smallest absolute Gasteiger partial charge is 0.323 e. The van der Waals surface area contributed by atoms with E-state index in [1.165, 1.54) is 42.9 Å². The zero-order valence-electron chi connectivity index (χ0n) is 24.4. The van der Waals surface area contributed by atoms with E-state index in [1.54, 1.807) is 11.1 Å². The highest BCUT2D eigenvalue weighted by molar-refractivity contribution is 5.94. The third-order valence-electron chi connectivity index (χ3n) is 10.3. The van der Waals surface area contributed by atoms with Crippen LogP contribution in [-0.2, 0) is 11.3 Å². The molecule has 4 heterocycles. The van der Waals surface area contributed by atoms with Crippen molar-refractivity contribution in [2.45, 2.75) is 71.1 Å². The van der Waals surface area contributed by atoms with Gasteiger partial charge in [-0.15, -0.1) is 0 Å². The number of anilines is 2. The molecule has 1 spiro atoms. The molecule has 2 saturated heterocycles. The van der Waals surface area contributed by atoms with Crippen molar-refractivity contribution >= 4 is 23.7 Å². The number of nitrogens with one attached hydrogen (secondary N) is 2. The Morgan fingerprint density at radius 3 is 2.41 bits per heavy atom. The van der Waals surface area contributed by atoms with Crippen LogP contribution in [0.25, 0.3) is 0 Å². The lowest BCUT2D eigenvalue weighted by molar-refractivity contribution is -0.172. The van der Waals surface area contributed by atoms with Crippen molar-refractivity contribution < 1.29 is 9.59 Å². The molecule has 3 aliphatic carbocycles. The van der Waals surface area contributed by atoms with Gasteiger partial charge in [0.15, 0.2) is 0 Å². The van der Waals surface area contributed by atoms with Gasteiger partial charge < -0.3 is 15.5 Å². The van der Waals surface area contributed by atoms with E-state index in [-0.39, 0.29) is 29.4 Å². The standard InChI is InChI=1S/C32H41N7O2/c1-5-27(40)38-18-32(19-38)16-37(17-32)26(13-31-10-22(11-31)12-31)24-8-6-23(7-9-24)21(4)35-29-33-14-25-15-34-30(41)39(20(2)3)28(25)36-29/h5-9,14,20-22,26H,1,10-13,15-19H2,2-4H3,(H,34,41)(H,33,35,36)/t21-,22?,26?,31?/m0/s1. The van der Waals surface area contributed by atoms with Gasteiger partial charge in [0.25, 0.3) is 0 Å². The third kappa shape index (κ3) is 4.49. The molecule has 1 aromatic carbocycles. The Bertz CT molecular complexity index is 1360. The summed E-state index contributed by atoms with van der Waals surface area (Å²) in [4.78, 5) is 40.0. The number of urea groups is 1. The molecule has 3 aliphatic heterocycles. The van der Waals surface area contributed by atoms with E-state index in [0.717, 1.165) is 37.7 Å². The maximum absolute atomic E-state index is 12.4. The van der Waals surface area contributed by atoms with Crippen LogP contribution in [0, 0.1) is 16.7 Å².